The fourth-order valence-corrected chi connectivity index (χ4v) is 6.26. The van der Waals surface area contributed by atoms with Crippen molar-refractivity contribution in [2.75, 3.05) is 11.5 Å². The fourth-order valence-electron chi connectivity index (χ4n) is 6.26. The summed E-state index contributed by atoms with van der Waals surface area (Å²) in [5.41, 5.74) is 6.62. The molecule has 2 amide bonds. The lowest BCUT2D eigenvalue weighted by Crippen LogP contribution is -2.41. The van der Waals surface area contributed by atoms with Crippen LogP contribution in [-0.4, -0.2) is 18.4 Å². The number of hydrogen-bond donors (Lipinski definition) is 0. The number of amides is 2. The van der Waals surface area contributed by atoms with E-state index in [1.54, 1.807) is 0 Å². The molecule has 4 aliphatic rings. The van der Waals surface area contributed by atoms with Crippen molar-refractivity contribution in [1.29, 1.82) is 0 Å². The van der Waals surface area contributed by atoms with Gasteiger partial charge in [-0.05, 0) is 52.8 Å². The zero-order valence-corrected chi connectivity index (χ0v) is 19.1. The van der Waals surface area contributed by atoms with Crippen molar-refractivity contribution in [2.24, 2.45) is 11.8 Å². The number of carbonyl (C=O) groups is 2. The number of para-hydroxylation sites is 2. The predicted molar refractivity (Wildman–Crippen MR) is 128 cm³/mol. The highest BCUT2D eigenvalue weighted by Crippen LogP contribution is 2.61. The summed E-state index contributed by atoms with van der Waals surface area (Å²) in [7, 11) is 0. The third kappa shape index (κ3) is 2.70. The number of imide groups is 1. The standard InChI is InChI=1S/C29H27NO3/c1-4-33-23-12-8-7-11-22(23)30-28(31)26-24-18-9-5-6-10-19(18)25(27(26)29(30)32)21-15-17(16(2)3)13-14-20(21)24/h5-16,24-27H,4H2,1-3H3. The Labute approximate surface area is 194 Å². The number of benzene rings is 3. The van der Waals surface area contributed by atoms with Crippen molar-refractivity contribution in [2.45, 2.75) is 38.5 Å². The van der Waals surface area contributed by atoms with E-state index < -0.39 is 0 Å². The maximum absolute atomic E-state index is 14.0. The molecule has 4 nitrogen and oxygen atoms in total. The molecule has 2 bridgehead atoms. The summed E-state index contributed by atoms with van der Waals surface area (Å²) < 4.78 is 5.79. The Bertz CT molecular complexity index is 1290. The Balaban J connectivity index is 1.54. The van der Waals surface area contributed by atoms with E-state index in [2.05, 4.69) is 44.2 Å². The number of anilines is 1. The summed E-state index contributed by atoms with van der Waals surface area (Å²) in [5, 5.41) is 0. The predicted octanol–water partition coefficient (Wildman–Crippen LogP) is 5.61. The highest BCUT2D eigenvalue weighted by atomic mass is 16.5. The number of hydrogen-bond acceptors (Lipinski definition) is 3. The van der Waals surface area contributed by atoms with Crippen molar-refractivity contribution in [3.05, 3.63) is 94.5 Å². The van der Waals surface area contributed by atoms with Crippen LogP contribution in [0.3, 0.4) is 0 Å². The molecule has 4 atom stereocenters. The minimum absolute atomic E-state index is 0.104. The third-order valence-electron chi connectivity index (χ3n) is 7.64. The molecule has 1 heterocycles. The van der Waals surface area contributed by atoms with Crippen LogP contribution in [-0.2, 0) is 9.59 Å². The molecule has 4 heteroatoms. The fraction of sp³-hybridized carbons (Fsp3) is 0.310. The number of nitrogens with zero attached hydrogens (tertiary/aromatic N) is 1. The molecular formula is C29H27NO3. The van der Waals surface area contributed by atoms with Crippen LogP contribution in [0.1, 0.15) is 66.3 Å². The van der Waals surface area contributed by atoms with Crippen molar-refractivity contribution >= 4 is 17.5 Å². The van der Waals surface area contributed by atoms with Gasteiger partial charge in [0.25, 0.3) is 0 Å². The molecule has 3 aromatic carbocycles. The van der Waals surface area contributed by atoms with Gasteiger partial charge in [-0.2, -0.15) is 0 Å². The van der Waals surface area contributed by atoms with E-state index in [4.69, 9.17) is 4.74 Å². The van der Waals surface area contributed by atoms with Gasteiger partial charge in [0.15, 0.2) is 0 Å². The maximum atomic E-state index is 14.0. The summed E-state index contributed by atoms with van der Waals surface area (Å²) >= 11 is 0. The van der Waals surface area contributed by atoms with Gasteiger partial charge >= 0.3 is 0 Å². The Morgan fingerprint density at radius 1 is 0.788 bits per heavy atom. The largest absolute Gasteiger partial charge is 0.492 e. The van der Waals surface area contributed by atoms with E-state index in [0.717, 1.165) is 0 Å². The van der Waals surface area contributed by atoms with E-state index in [0.29, 0.717) is 24.0 Å². The monoisotopic (exact) mass is 437 g/mol. The van der Waals surface area contributed by atoms with Gasteiger partial charge in [-0.3, -0.25) is 9.59 Å². The average molecular weight is 438 g/mol. The van der Waals surface area contributed by atoms with Crippen LogP contribution >= 0.6 is 0 Å². The summed E-state index contributed by atoms with van der Waals surface area (Å²) in [6.07, 6.45) is 0. The van der Waals surface area contributed by atoms with Gasteiger partial charge in [-0.15, -0.1) is 0 Å². The lowest BCUT2D eigenvalue weighted by molar-refractivity contribution is -0.122. The van der Waals surface area contributed by atoms with E-state index in [9.17, 15) is 9.59 Å². The van der Waals surface area contributed by atoms with E-state index >= 15 is 0 Å². The van der Waals surface area contributed by atoms with Crippen molar-refractivity contribution < 1.29 is 14.3 Å². The summed E-state index contributed by atoms with van der Waals surface area (Å²) in [6.45, 7) is 6.76. The van der Waals surface area contributed by atoms with Crippen molar-refractivity contribution in [1.82, 2.24) is 0 Å². The molecule has 0 spiro atoms. The van der Waals surface area contributed by atoms with Gasteiger partial charge in [-0.1, -0.05) is 68.4 Å². The molecule has 0 aromatic heterocycles. The minimum atomic E-state index is -0.387. The molecule has 33 heavy (non-hydrogen) atoms. The second-order valence-corrected chi connectivity index (χ2v) is 9.59. The van der Waals surface area contributed by atoms with Gasteiger partial charge in [-0.25, -0.2) is 4.90 Å². The first kappa shape index (κ1) is 20.2. The van der Waals surface area contributed by atoms with Crippen LogP contribution < -0.4 is 9.64 Å². The van der Waals surface area contributed by atoms with Crippen LogP contribution in [0.4, 0.5) is 5.69 Å². The molecule has 1 saturated heterocycles. The van der Waals surface area contributed by atoms with Gasteiger partial charge in [0.1, 0.15) is 5.75 Å². The average Bonchev–Trinajstić information content (AvgIpc) is 3.10. The summed E-state index contributed by atoms with van der Waals surface area (Å²) in [6, 6.07) is 22.4. The second-order valence-electron chi connectivity index (χ2n) is 9.59. The molecule has 1 fully saturated rings. The van der Waals surface area contributed by atoms with Crippen LogP contribution in [0.25, 0.3) is 0 Å². The molecule has 3 aromatic rings. The topological polar surface area (TPSA) is 46.6 Å². The van der Waals surface area contributed by atoms with Crippen molar-refractivity contribution in [3.8, 4) is 5.75 Å². The maximum Gasteiger partial charge on any atom is 0.238 e. The Morgan fingerprint density at radius 2 is 1.36 bits per heavy atom. The smallest absolute Gasteiger partial charge is 0.238 e. The molecule has 4 unspecified atom stereocenters. The molecule has 0 saturated carbocycles. The summed E-state index contributed by atoms with van der Waals surface area (Å²) in [4.78, 5) is 29.3. The first-order valence-corrected chi connectivity index (χ1v) is 11.8. The molecule has 166 valence electrons. The van der Waals surface area contributed by atoms with Gasteiger partial charge in [0, 0.05) is 11.8 Å². The number of carbonyl (C=O) groups excluding carboxylic acids is 2. The van der Waals surface area contributed by atoms with E-state index in [-0.39, 0.29) is 35.5 Å². The Kier molecular flexibility index (Phi) is 4.48. The summed E-state index contributed by atoms with van der Waals surface area (Å²) in [5.74, 6) is -0.227. The third-order valence-corrected chi connectivity index (χ3v) is 7.64. The first-order chi connectivity index (χ1) is 16.0. The number of rotatable bonds is 4. The van der Waals surface area contributed by atoms with Crippen LogP contribution in [0.15, 0.2) is 66.7 Å². The van der Waals surface area contributed by atoms with Gasteiger partial charge in [0.2, 0.25) is 11.8 Å². The van der Waals surface area contributed by atoms with Gasteiger partial charge in [0.05, 0.1) is 24.1 Å². The molecule has 7 rings (SSSR count). The normalized spacial score (nSPS) is 24.7. The Morgan fingerprint density at radius 3 is 2.00 bits per heavy atom. The molecule has 0 N–H and O–H groups in total. The molecule has 1 aliphatic heterocycles. The first-order valence-electron chi connectivity index (χ1n) is 11.8. The highest BCUT2D eigenvalue weighted by molar-refractivity contribution is 6.24. The SMILES string of the molecule is CCOc1ccccc1N1C(=O)C2C3c4ccccc4C(c4cc(C(C)C)ccc43)C2C1=O. The van der Waals surface area contributed by atoms with Crippen LogP contribution in [0, 0.1) is 11.8 Å². The molecular weight excluding hydrogens is 410 g/mol. The zero-order chi connectivity index (χ0) is 22.9. The minimum Gasteiger partial charge on any atom is -0.492 e. The van der Waals surface area contributed by atoms with Crippen LogP contribution in [0.5, 0.6) is 5.75 Å². The second kappa shape index (κ2) is 7.31. The van der Waals surface area contributed by atoms with Crippen LogP contribution in [0.2, 0.25) is 0 Å². The van der Waals surface area contributed by atoms with Gasteiger partial charge < -0.3 is 4.74 Å². The quantitative estimate of drug-likeness (QED) is 0.499. The molecule has 3 aliphatic carbocycles. The lowest BCUT2D eigenvalue weighted by Gasteiger charge is -2.46. The highest BCUT2D eigenvalue weighted by Gasteiger charge is 2.62. The number of ether oxygens (including phenoxy) is 1. The molecule has 0 radical (unpaired) electrons. The van der Waals surface area contributed by atoms with Crippen molar-refractivity contribution in [3.63, 3.8) is 0 Å². The zero-order valence-electron chi connectivity index (χ0n) is 19.1. The lowest BCUT2D eigenvalue weighted by atomic mass is 9.54. The Hall–Kier alpha value is -3.40. The van der Waals surface area contributed by atoms with E-state index in [1.807, 2.05) is 43.3 Å². The van der Waals surface area contributed by atoms with E-state index in [1.165, 1.54) is 32.7 Å².